The van der Waals surface area contributed by atoms with Crippen LogP contribution in [0.3, 0.4) is 0 Å². The van der Waals surface area contributed by atoms with E-state index in [4.69, 9.17) is 22.9 Å². The zero-order valence-electron chi connectivity index (χ0n) is 64.5. The second kappa shape index (κ2) is 45.4. The van der Waals surface area contributed by atoms with Crippen LogP contribution in [-0.4, -0.2) is 248 Å². The molecule has 23 N–H and O–H groups in total. The molecule has 0 bridgehead atoms. The molecule has 2 fully saturated rings. The highest BCUT2D eigenvalue weighted by Crippen LogP contribution is 2.22. The summed E-state index contributed by atoms with van der Waals surface area (Å²) >= 11 is 0. The number of imidazole rings is 1. The lowest BCUT2D eigenvalue weighted by atomic mass is 9.98. The normalized spacial score (nSPS) is 17.7. The number of nitrogens with zero attached hydrogens (tertiary/aromatic N) is 3. The fraction of sp³-hybridized carbons (Fsp3) is 0.581. The van der Waals surface area contributed by atoms with E-state index in [2.05, 4.69) is 73.8 Å². The number of unbranched alkanes of at least 4 members (excludes halogenated alkanes) is 1. The Morgan fingerprint density at radius 3 is 1.53 bits per heavy atom. The van der Waals surface area contributed by atoms with Gasteiger partial charge in [-0.2, -0.15) is 0 Å². The quantitative estimate of drug-likeness (QED) is 0.0234. The molecule has 0 radical (unpaired) electrons. The first-order valence-corrected chi connectivity index (χ1v) is 37.7. The van der Waals surface area contributed by atoms with Crippen molar-refractivity contribution in [2.45, 2.75) is 230 Å². The lowest BCUT2D eigenvalue weighted by Gasteiger charge is -2.32. The summed E-state index contributed by atoms with van der Waals surface area (Å²) in [5.74, 6) is -14.8. The van der Waals surface area contributed by atoms with Crippen LogP contribution in [0.25, 0.3) is 0 Å². The van der Waals surface area contributed by atoms with E-state index in [0.717, 1.165) is 11.8 Å². The molecule has 5 rings (SSSR count). The summed E-state index contributed by atoms with van der Waals surface area (Å²) in [5, 5.41) is 52.4. The van der Waals surface area contributed by atoms with Gasteiger partial charge in [0.15, 0.2) is 0 Å². The smallest absolute Gasteiger partial charge is 0.246 e. The third kappa shape index (κ3) is 28.7. The van der Waals surface area contributed by atoms with Crippen molar-refractivity contribution in [2.75, 3.05) is 32.7 Å². The van der Waals surface area contributed by atoms with Gasteiger partial charge in [0.05, 0.1) is 37.7 Å². The standard InChI is InChI=1S/C74H112N20O18/c1-9-40(4)59(70(108)81-37-57(99)89-58(39(2)3)69(107)80-36-56(98)83-42(6)73(111)93-30-18-25-53(93)62(78)100)90-63(101)41(5)84-71(109)60(43(7)95)91-65(103)49(27-28-55(77)97)85-68(106)54-26-19-31-94(54)74(112)52(33-46-22-14-11-15-23-46)88-72(110)61(44(8)96)92-67(105)51(34-47-35-79-38-82-47)87-66(104)50(32-45-20-12-10-13-21-45)86-64(102)48(76)24-16-17-29-75/h10-15,20-23,35,38-44,48-54,58-61,95-96H,9,16-19,24-34,36-37,75-76H2,1-8H3,(H2,77,97)(H2,78,100)(H,79,82)(H,80,107)(H,81,108)(H,83,98)(H,84,109)(H,85,106)(H,86,102)(H,87,104)(H,88,110)(H,89,99)(H,90,101)(H,91,103)(H,92,105)/t40-,41-,42-,43+,44+,48-,49-,50-,51-,52-,53-,54-,58-,59-,60-,61-/m0/s1. The van der Waals surface area contributed by atoms with E-state index in [0.29, 0.717) is 55.5 Å². The minimum atomic E-state index is -1.85. The number of carbonyl (C=O) groups is 16. The van der Waals surface area contributed by atoms with Gasteiger partial charge in [-0.3, -0.25) is 76.7 Å². The third-order valence-corrected chi connectivity index (χ3v) is 19.3. The van der Waals surface area contributed by atoms with Crippen LogP contribution in [0.1, 0.15) is 136 Å². The third-order valence-electron chi connectivity index (χ3n) is 19.3. The number of aliphatic hydroxyl groups is 2. The maximum Gasteiger partial charge on any atom is 0.246 e. The average Bonchev–Trinajstić information content (AvgIpc) is 1.59. The van der Waals surface area contributed by atoms with Crippen molar-refractivity contribution in [2.24, 2.45) is 34.8 Å². The molecule has 0 unspecified atom stereocenters. The Labute approximate surface area is 649 Å². The van der Waals surface area contributed by atoms with Gasteiger partial charge in [0.2, 0.25) is 94.5 Å². The lowest BCUT2D eigenvalue weighted by molar-refractivity contribution is -0.143. The van der Waals surface area contributed by atoms with Crippen LogP contribution < -0.4 is 86.7 Å². The van der Waals surface area contributed by atoms with Crippen LogP contribution in [0.5, 0.6) is 0 Å². The molecule has 2 saturated heterocycles. The number of aromatic nitrogens is 2. The minimum absolute atomic E-state index is 0.00775. The van der Waals surface area contributed by atoms with Crippen molar-refractivity contribution >= 4 is 94.5 Å². The number of aromatic amines is 1. The minimum Gasteiger partial charge on any atom is -0.391 e. The van der Waals surface area contributed by atoms with Gasteiger partial charge in [-0.1, -0.05) is 101 Å². The molecule has 3 aromatic rings. The van der Waals surface area contributed by atoms with Crippen molar-refractivity contribution in [1.82, 2.24) is 83.6 Å². The number of primary amides is 2. The fourth-order valence-corrected chi connectivity index (χ4v) is 12.6. The monoisotopic (exact) mass is 1570 g/mol. The van der Waals surface area contributed by atoms with Crippen LogP contribution in [0.2, 0.25) is 0 Å². The topological polar surface area (TPSA) is 597 Å². The van der Waals surface area contributed by atoms with Gasteiger partial charge in [-0.05, 0) is 102 Å². The molecule has 16 amide bonds. The van der Waals surface area contributed by atoms with E-state index in [9.17, 15) is 82.1 Å². The number of likely N-dealkylation sites (tertiary alicyclic amines) is 2. The van der Waals surface area contributed by atoms with Gasteiger partial charge in [0.1, 0.15) is 72.5 Å². The first kappa shape index (κ1) is 91.6. The predicted molar refractivity (Wildman–Crippen MR) is 405 cm³/mol. The highest BCUT2D eigenvalue weighted by molar-refractivity contribution is 6.00. The number of aliphatic hydroxyl groups excluding tert-OH is 2. The molecule has 3 heterocycles. The maximum atomic E-state index is 15.0. The number of benzene rings is 2. The van der Waals surface area contributed by atoms with E-state index >= 15 is 4.79 Å². The Bertz CT molecular complexity index is 3720. The molecular weight excluding hydrogens is 1460 g/mol. The summed E-state index contributed by atoms with van der Waals surface area (Å²) in [6.07, 6.45) is 0.882. The molecule has 0 spiro atoms. The summed E-state index contributed by atoms with van der Waals surface area (Å²) < 4.78 is 0. The van der Waals surface area contributed by atoms with Gasteiger partial charge < -0.3 is 112 Å². The summed E-state index contributed by atoms with van der Waals surface area (Å²) in [6.45, 7) is 10.9. The molecule has 0 aliphatic carbocycles. The van der Waals surface area contributed by atoms with E-state index in [1.807, 2.05) is 0 Å². The summed E-state index contributed by atoms with van der Waals surface area (Å²) in [7, 11) is 0. The molecule has 616 valence electrons. The molecule has 0 saturated carbocycles. The molecule has 38 heteroatoms. The van der Waals surface area contributed by atoms with Gasteiger partial charge >= 0.3 is 0 Å². The van der Waals surface area contributed by atoms with Crippen LogP contribution in [0.4, 0.5) is 0 Å². The zero-order valence-corrected chi connectivity index (χ0v) is 64.5. The maximum absolute atomic E-state index is 15.0. The molecule has 2 aromatic carbocycles. The molecule has 112 heavy (non-hydrogen) atoms. The SMILES string of the molecule is CC[C@H](C)[C@H](NC(=O)[C@H](C)NC(=O)[C@@H](NC(=O)[C@H](CCC(N)=O)NC(=O)[C@@H]1CCCN1C(=O)[C@H](Cc1ccccc1)NC(=O)[C@@H](NC(=O)[C@H](Cc1cnc[nH]1)NC(=O)[C@H](Cc1ccccc1)NC(=O)[C@@H](N)CCCCN)[C@@H](C)O)[C@@H](C)O)C(=O)NCC(=O)N[C@H](C(=O)NCC(=O)N[C@@H](C)C(=O)N1CCC[C@H]1C(N)=O)C(C)C. The van der Waals surface area contributed by atoms with Crippen molar-refractivity contribution in [1.29, 1.82) is 0 Å². The Hall–Kier alpha value is -11.0. The molecule has 38 nitrogen and oxygen atoms in total. The zero-order chi connectivity index (χ0) is 83.1. The lowest BCUT2D eigenvalue weighted by Crippen LogP contribution is -2.62. The van der Waals surface area contributed by atoms with Crippen molar-refractivity contribution in [3.8, 4) is 0 Å². The molecule has 16 atom stereocenters. The first-order chi connectivity index (χ1) is 53.0. The Kier molecular flexibility index (Phi) is 37.1. The number of nitrogens with one attached hydrogen (secondary N) is 13. The van der Waals surface area contributed by atoms with E-state index < -0.39 is 223 Å². The average molecular weight is 1570 g/mol. The van der Waals surface area contributed by atoms with Gasteiger partial charge in [0, 0.05) is 50.7 Å². The van der Waals surface area contributed by atoms with Crippen LogP contribution in [-0.2, 0) is 96.0 Å². The fourth-order valence-electron chi connectivity index (χ4n) is 12.6. The number of hydrogen-bond acceptors (Lipinski definition) is 21. The number of amides is 16. The van der Waals surface area contributed by atoms with Crippen LogP contribution in [0, 0.1) is 11.8 Å². The van der Waals surface area contributed by atoms with Crippen molar-refractivity contribution < 1.29 is 86.9 Å². The Morgan fingerprint density at radius 2 is 1.00 bits per heavy atom. The molecular formula is C74H112N20O18. The number of H-pyrrole nitrogens is 1. The van der Waals surface area contributed by atoms with E-state index in [1.165, 1.54) is 38.2 Å². The van der Waals surface area contributed by atoms with Crippen molar-refractivity contribution in [3.63, 3.8) is 0 Å². The second-order valence-electron chi connectivity index (χ2n) is 28.7. The Morgan fingerprint density at radius 1 is 0.509 bits per heavy atom. The van der Waals surface area contributed by atoms with E-state index in [-0.39, 0.29) is 51.6 Å². The first-order valence-electron chi connectivity index (χ1n) is 37.7. The van der Waals surface area contributed by atoms with Gasteiger partial charge in [0.25, 0.3) is 0 Å². The molecule has 2 aliphatic rings. The Balaban J connectivity index is 1.24. The summed E-state index contributed by atoms with van der Waals surface area (Å²) in [4.78, 5) is 228. The van der Waals surface area contributed by atoms with Gasteiger partial charge in [-0.25, -0.2) is 4.98 Å². The number of carbonyl (C=O) groups excluding carboxylic acids is 16. The molecule has 1 aromatic heterocycles. The summed E-state index contributed by atoms with van der Waals surface area (Å²) in [6, 6.07) is -0.684. The second-order valence-corrected chi connectivity index (χ2v) is 28.7. The highest BCUT2D eigenvalue weighted by atomic mass is 16.3. The summed E-state index contributed by atoms with van der Waals surface area (Å²) in [5.41, 5.74) is 24.3. The number of rotatable bonds is 45. The van der Waals surface area contributed by atoms with Gasteiger partial charge in [-0.15, -0.1) is 0 Å². The number of nitrogens with two attached hydrogens (primary N) is 4. The predicted octanol–water partition coefficient (Wildman–Crippen LogP) is -5.79. The van der Waals surface area contributed by atoms with Crippen LogP contribution >= 0.6 is 0 Å². The number of hydrogen-bond donors (Lipinski definition) is 19. The highest BCUT2D eigenvalue weighted by Gasteiger charge is 2.43. The van der Waals surface area contributed by atoms with Crippen LogP contribution in [0.15, 0.2) is 73.2 Å². The largest absolute Gasteiger partial charge is 0.391 e. The van der Waals surface area contributed by atoms with Crippen molar-refractivity contribution in [3.05, 3.63) is 90.0 Å². The molecule has 2 aliphatic heterocycles. The van der Waals surface area contributed by atoms with E-state index in [1.54, 1.807) is 88.4 Å².